The molecule has 2 aromatic heterocycles. The summed E-state index contributed by atoms with van der Waals surface area (Å²) in [7, 11) is 1.70. The first-order valence-electron chi connectivity index (χ1n) is 5.44. The van der Waals surface area contributed by atoms with Gasteiger partial charge in [0.05, 0.1) is 15.8 Å². The molecular weight excluding hydrogens is 304 g/mol. The lowest BCUT2D eigenvalue weighted by atomic mass is 10.4. The smallest absolute Gasteiger partial charge is 0.329 e. The Bertz CT molecular complexity index is 634. The van der Waals surface area contributed by atoms with Crippen LogP contribution in [-0.2, 0) is 6.54 Å². The number of hydrogen-bond acceptors (Lipinski definition) is 8. The molecule has 0 saturated carbocycles. The highest BCUT2D eigenvalue weighted by atomic mass is 35.5. The molecule has 0 bridgehead atoms. The summed E-state index contributed by atoms with van der Waals surface area (Å²) in [6.07, 6.45) is 1.12. The molecule has 0 aliphatic heterocycles. The van der Waals surface area contributed by atoms with Crippen LogP contribution in [0.4, 0.5) is 17.5 Å². The quantitative estimate of drug-likeness (QED) is 0.493. The molecule has 0 radical (unpaired) electrons. The number of nitro groups is 1. The molecule has 8 nitrogen and oxygen atoms in total. The van der Waals surface area contributed by atoms with Gasteiger partial charge < -0.3 is 4.90 Å². The molecule has 0 aliphatic carbocycles. The molecule has 0 aliphatic rings. The number of hydrazine groups is 1. The van der Waals surface area contributed by atoms with E-state index in [9.17, 15) is 10.1 Å². The Morgan fingerprint density at radius 1 is 1.60 bits per heavy atom. The predicted octanol–water partition coefficient (Wildman–Crippen LogP) is 2.02. The Kier molecular flexibility index (Phi) is 4.32. The fourth-order valence-corrected chi connectivity index (χ4v) is 2.73. The van der Waals surface area contributed by atoms with E-state index >= 15 is 0 Å². The Balaban J connectivity index is 2.31. The van der Waals surface area contributed by atoms with Crippen molar-refractivity contribution in [3.8, 4) is 0 Å². The molecular formula is C10H11ClN6O2S. The molecule has 2 aromatic rings. The van der Waals surface area contributed by atoms with E-state index in [1.54, 1.807) is 18.0 Å². The minimum atomic E-state index is -0.534. The third-order valence-electron chi connectivity index (χ3n) is 2.46. The van der Waals surface area contributed by atoms with Gasteiger partial charge in [-0.1, -0.05) is 11.6 Å². The zero-order valence-corrected chi connectivity index (χ0v) is 12.0. The average Bonchev–Trinajstić information content (AvgIpc) is 2.83. The van der Waals surface area contributed by atoms with Crippen molar-refractivity contribution in [1.82, 2.24) is 9.97 Å². The molecule has 0 saturated heterocycles. The van der Waals surface area contributed by atoms with Crippen LogP contribution < -0.4 is 16.2 Å². The maximum Gasteiger partial charge on any atom is 0.329 e. The fourth-order valence-electron chi connectivity index (χ4n) is 1.59. The van der Waals surface area contributed by atoms with Gasteiger partial charge in [-0.15, -0.1) is 11.3 Å². The van der Waals surface area contributed by atoms with Crippen LogP contribution in [0.1, 0.15) is 4.88 Å². The molecule has 0 amide bonds. The summed E-state index contributed by atoms with van der Waals surface area (Å²) in [6, 6.07) is 3.63. The number of rotatable bonds is 5. The van der Waals surface area contributed by atoms with Gasteiger partial charge in [0.1, 0.15) is 6.20 Å². The van der Waals surface area contributed by atoms with Gasteiger partial charge in [-0.05, 0) is 12.1 Å². The number of anilines is 2. The summed E-state index contributed by atoms with van der Waals surface area (Å²) >= 11 is 7.26. The van der Waals surface area contributed by atoms with Gasteiger partial charge >= 0.3 is 5.69 Å². The number of aromatic nitrogens is 2. The number of nitrogens with two attached hydrogens (primary N) is 1. The maximum absolute atomic E-state index is 11.0. The van der Waals surface area contributed by atoms with E-state index in [1.165, 1.54) is 11.3 Å². The van der Waals surface area contributed by atoms with Gasteiger partial charge in [0.15, 0.2) is 0 Å². The van der Waals surface area contributed by atoms with E-state index in [0.717, 1.165) is 11.1 Å². The number of halogens is 1. The second kappa shape index (κ2) is 5.99. The lowest BCUT2D eigenvalue weighted by Crippen LogP contribution is -2.20. The highest BCUT2D eigenvalue weighted by Gasteiger charge is 2.21. The molecule has 106 valence electrons. The zero-order chi connectivity index (χ0) is 14.7. The number of thiophene rings is 1. The van der Waals surface area contributed by atoms with Crippen LogP contribution in [0.25, 0.3) is 0 Å². The summed E-state index contributed by atoms with van der Waals surface area (Å²) in [5.74, 6) is 5.52. The summed E-state index contributed by atoms with van der Waals surface area (Å²) in [5.41, 5.74) is 2.08. The van der Waals surface area contributed by atoms with Gasteiger partial charge in [0.25, 0.3) is 0 Å². The van der Waals surface area contributed by atoms with E-state index in [-0.39, 0.29) is 17.5 Å². The number of nitrogens with zero attached hydrogens (tertiary/aromatic N) is 4. The molecule has 10 heteroatoms. The normalized spacial score (nSPS) is 10.3. The number of hydrogen-bond donors (Lipinski definition) is 2. The molecule has 2 heterocycles. The van der Waals surface area contributed by atoms with Crippen molar-refractivity contribution < 1.29 is 4.92 Å². The minimum absolute atomic E-state index is 0.113. The minimum Gasteiger partial charge on any atom is -0.349 e. The lowest BCUT2D eigenvalue weighted by molar-refractivity contribution is -0.384. The molecule has 2 rings (SSSR count). The topological polar surface area (TPSA) is 110 Å². The van der Waals surface area contributed by atoms with Gasteiger partial charge in [-0.3, -0.25) is 15.5 Å². The largest absolute Gasteiger partial charge is 0.349 e. The second-order valence-electron chi connectivity index (χ2n) is 3.87. The third-order valence-corrected chi connectivity index (χ3v) is 3.68. The predicted molar refractivity (Wildman–Crippen MR) is 77.9 cm³/mol. The fraction of sp³-hybridized carbons (Fsp3) is 0.200. The molecule has 0 aromatic carbocycles. The SMILES string of the molecule is CN(Cc1ccc(Cl)s1)c1nc(NN)ncc1[N+](=O)[O-]. The van der Waals surface area contributed by atoms with Crippen LogP contribution in [0.2, 0.25) is 4.34 Å². The van der Waals surface area contributed by atoms with Crippen molar-refractivity contribution >= 4 is 40.4 Å². The van der Waals surface area contributed by atoms with E-state index in [4.69, 9.17) is 17.4 Å². The van der Waals surface area contributed by atoms with Gasteiger partial charge in [0, 0.05) is 11.9 Å². The maximum atomic E-state index is 11.0. The Hall–Kier alpha value is -1.97. The Labute approximate surface area is 123 Å². The number of nitrogen functional groups attached to an aromatic ring is 1. The highest BCUT2D eigenvalue weighted by molar-refractivity contribution is 7.16. The lowest BCUT2D eigenvalue weighted by Gasteiger charge is -2.17. The molecule has 0 atom stereocenters. The second-order valence-corrected chi connectivity index (χ2v) is 5.67. The number of nitrogens with one attached hydrogen (secondary N) is 1. The highest BCUT2D eigenvalue weighted by Crippen LogP contribution is 2.28. The van der Waals surface area contributed by atoms with Crippen molar-refractivity contribution in [3.63, 3.8) is 0 Å². The van der Waals surface area contributed by atoms with Gasteiger partial charge in [-0.2, -0.15) is 4.98 Å². The van der Waals surface area contributed by atoms with Crippen LogP contribution in [0.3, 0.4) is 0 Å². The first-order chi connectivity index (χ1) is 9.51. The van der Waals surface area contributed by atoms with Crippen LogP contribution in [0.15, 0.2) is 18.3 Å². The first kappa shape index (κ1) is 14.4. The average molecular weight is 315 g/mol. The zero-order valence-electron chi connectivity index (χ0n) is 10.4. The first-order valence-corrected chi connectivity index (χ1v) is 6.64. The molecule has 3 N–H and O–H groups in total. The Morgan fingerprint density at radius 3 is 2.90 bits per heavy atom. The molecule has 0 unspecified atom stereocenters. The third kappa shape index (κ3) is 3.13. The summed E-state index contributed by atoms with van der Waals surface area (Å²) < 4.78 is 0.662. The van der Waals surface area contributed by atoms with Crippen molar-refractivity contribution in [2.45, 2.75) is 6.54 Å². The molecule has 0 fully saturated rings. The summed E-state index contributed by atoms with van der Waals surface area (Å²) in [6.45, 7) is 0.444. The standard InChI is InChI=1S/C10H11ClN6O2S/c1-16(5-6-2-3-8(11)20-6)9-7(17(18)19)4-13-10(14-9)15-12/h2-4H,5,12H2,1H3,(H,13,14,15). The van der Waals surface area contributed by atoms with Crippen LogP contribution in [-0.4, -0.2) is 21.9 Å². The van der Waals surface area contributed by atoms with Crippen LogP contribution >= 0.6 is 22.9 Å². The Morgan fingerprint density at radius 2 is 2.35 bits per heavy atom. The van der Waals surface area contributed by atoms with Crippen LogP contribution in [0.5, 0.6) is 0 Å². The van der Waals surface area contributed by atoms with E-state index in [0.29, 0.717) is 10.9 Å². The molecule has 0 spiro atoms. The van der Waals surface area contributed by atoms with Crippen molar-refractivity contribution in [2.24, 2.45) is 5.84 Å². The monoisotopic (exact) mass is 314 g/mol. The summed E-state index contributed by atoms with van der Waals surface area (Å²) in [5, 5.41) is 11.0. The van der Waals surface area contributed by atoms with E-state index in [1.807, 2.05) is 6.07 Å². The summed E-state index contributed by atoms with van der Waals surface area (Å²) in [4.78, 5) is 20.8. The van der Waals surface area contributed by atoms with Crippen LogP contribution in [0, 0.1) is 10.1 Å². The van der Waals surface area contributed by atoms with Crippen molar-refractivity contribution in [3.05, 3.63) is 37.7 Å². The molecule has 20 heavy (non-hydrogen) atoms. The van der Waals surface area contributed by atoms with E-state index in [2.05, 4.69) is 15.4 Å². The van der Waals surface area contributed by atoms with E-state index < -0.39 is 4.92 Å². The van der Waals surface area contributed by atoms with Gasteiger partial charge in [0.2, 0.25) is 11.8 Å². The van der Waals surface area contributed by atoms with Gasteiger partial charge in [-0.25, -0.2) is 10.8 Å². The van der Waals surface area contributed by atoms with Crippen molar-refractivity contribution in [2.75, 3.05) is 17.4 Å². The van der Waals surface area contributed by atoms with Crippen molar-refractivity contribution in [1.29, 1.82) is 0 Å².